The lowest BCUT2D eigenvalue weighted by molar-refractivity contribution is 0.0933. The maximum atomic E-state index is 12.9. The van der Waals surface area contributed by atoms with Crippen LogP contribution in [0.5, 0.6) is 0 Å². The number of hydrogen-bond donors (Lipinski definition) is 2. The van der Waals surface area contributed by atoms with Crippen molar-refractivity contribution in [3.63, 3.8) is 0 Å². The van der Waals surface area contributed by atoms with E-state index in [0.29, 0.717) is 10.9 Å². The van der Waals surface area contributed by atoms with Gasteiger partial charge in [-0.15, -0.1) is 10.2 Å². The molecule has 1 aliphatic heterocycles. The van der Waals surface area contributed by atoms with E-state index in [4.69, 9.17) is 0 Å². The Balaban J connectivity index is 1.43. The van der Waals surface area contributed by atoms with Gasteiger partial charge in [0.05, 0.1) is 0 Å². The number of unbranched alkanes of at least 4 members (excludes halogenated alkanes) is 1. The molecule has 1 atom stereocenters. The van der Waals surface area contributed by atoms with Crippen LogP contribution in [0.2, 0.25) is 0 Å². The number of likely N-dealkylation sites (tertiary alicyclic amines) is 1. The molecule has 0 bridgehead atoms. The lowest BCUT2D eigenvalue weighted by atomic mass is 9.98. The van der Waals surface area contributed by atoms with Crippen LogP contribution < -0.4 is 5.32 Å². The third-order valence-electron chi connectivity index (χ3n) is 6.09. The van der Waals surface area contributed by atoms with Gasteiger partial charge in [-0.3, -0.25) is 4.79 Å². The molecule has 0 aliphatic carbocycles. The Kier molecular flexibility index (Phi) is 6.79. The van der Waals surface area contributed by atoms with Crippen LogP contribution in [-0.2, 0) is 6.42 Å². The summed E-state index contributed by atoms with van der Waals surface area (Å²) in [6.45, 7) is 4.34. The van der Waals surface area contributed by atoms with Gasteiger partial charge in [0, 0.05) is 29.1 Å². The van der Waals surface area contributed by atoms with Crippen molar-refractivity contribution in [1.82, 2.24) is 25.4 Å². The first-order valence-electron chi connectivity index (χ1n) is 11.0. The van der Waals surface area contributed by atoms with Gasteiger partial charge >= 0.3 is 0 Å². The highest BCUT2D eigenvalue weighted by Gasteiger charge is 2.24. The fourth-order valence-corrected chi connectivity index (χ4v) is 5.15. The Labute approximate surface area is 182 Å². The van der Waals surface area contributed by atoms with Gasteiger partial charge < -0.3 is 15.2 Å². The van der Waals surface area contributed by atoms with Gasteiger partial charge in [-0.2, -0.15) is 0 Å². The SMILES string of the molecule is CCCCC(Cc1c[nH]c2ccccc12)NC(=O)c1nnc(C2CCN(C)CC2)s1. The number of carbonyl (C=O) groups is 1. The number of carbonyl (C=O) groups excluding carboxylic acids is 1. The fourth-order valence-electron chi connectivity index (χ4n) is 4.24. The summed E-state index contributed by atoms with van der Waals surface area (Å²) >= 11 is 1.47. The molecule has 0 radical (unpaired) electrons. The molecule has 1 amide bonds. The minimum absolute atomic E-state index is 0.0901. The molecule has 1 unspecified atom stereocenters. The van der Waals surface area contributed by atoms with Crippen LogP contribution in [0.1, 0.15) is 65.3 Å². The number of nitrogens with one attached hydrogen (secondary N) is 2. The molecule has 3 aromatic rings. The molecule has 6 nitrogen and oxygen atoms in total. The van der Waals surface area contributed by atoms with E-state index >= 15 is 0 Å². The highest BCUT2D eigenvalue weighted by molar-refractivity contribution is 7.13. The number of amides is 1. The summed E-state index contributed by atoms with van der Waals surface area (Å²) in [5.41, 5.74) is 2.39. The second kappa shape index (κ2) is 9.71. The maximum absolute atomic E-state index is 12.9. The van der Waals surface area contributed by atoms with E-state index in [-0.39, 0.29) is 11.9 Å². The number of benzene rings is 1. The zero-order valence-corrected chi connectivity index (χ0v) is 18.7. The lowest BCUT2D eigenvalue weighted by Gasteiger charge is -2.27. The topological polar surface area (TPSA) is 73.9 Å². The van der Waals surface area contributed by atoms with Gasteiger partial charge in [-0.05, 0) is 57.5 Å². The Hall–Kier alpha value is -2.25. The van der Waals surface area contributed by atoms with Crippen LogP contribution in [0.3, 0.4) is 0 Å². The van der Waals surface area contributed by atoms with Crippen molar-refractivity contribution < 1.29 is 4.79 Å². The normalized spacial score (nSPS) is 16.7. The Bertz CT molecular complexity index is 973. The van der Waals surface area contributed by atoms with Crippen molar-refractivity contribution in [2.24, 2.45) is 0 Å². The number of H-pyrrole nitrogens is 1. The van der Waals surface area contributed by atoms with Gasteiger partial charge in [0.15, 0.2) is 0 Å². The fraction of sp³-hybridized carbons (Fsp3) is 0.522. The second-order valence-corrected chi connectivity index (χ2v) is 9.41. The van der Waals surface area contributed by atoms with Crippen LogP contribution in [0.15, 0.2) is 30.5 Å². The molecule has 0 saturated carbocycles. The van der Waals surface area contributed by atoms with Crippen LogP contribution >= 0.6 is 11.3 Å². The maximum Gasteiger partial charge on any atom is 0.282 e. The van der Waals surface area contributed by atoms with Crippen molar-refractivity contribution in [2.45, 2.75) is 57.4 Å². The average molecular weight is 426 g/mol. The van der Waals surface area contributed by atoms with Crippen molar-refractivity contribution in [2.75, 3.05) is 20.1 Å². The molecule has 2 aromatic heterocycles. The smallest absolute Gasteiger partial charge is 0.282 e. The van der Waals surface area contributed by atoms with E-state index in [9.17, 15) is 4.79 Å². The standard InChI is InChI=1S/C23H31N5OS/c1-3-4-7-18(14-17-15-24-20-9-6-5-8-19(17)20)25-21(29)23-27-26-22(30-23)16-10-12-28(2)13-11-16/h5-6,8-9,15-16,18,24H,3-4,7,10-14H2,1-2H3,(H,25,29). The summed E-state index contributed by atoms with van der Waals surface area (Å²) in [5, 5.41) is 14.6. The molecule has 1 fully saturated rings. The monoisotopic (exact) mass is 425 g/mol. The first-order chi connectivity index (χ1) is 14.6. The molecule has 4 rings (SSSR count). The third kappa shape index (κ3) is 4.90. The molecule has 3 heterocycles. The number of fused-ring (bicyclic) bond motifs is 1. The number of piperidine rings is 1. The summed E-state index contributed by atoms with van der Waals surface area (Å²) < 4.78 is 0. The number of rotatable bonds is 8. The third-order valence-corrected chi connectivity index (χ3v) is 7.17. The molecule has 160 valence electrons. The number of nitrogens with zero attached hydrogens (tertiary/aromatic N) is 3. The van der Waals surface area contributed by atoms with E-state index in [1.165, 1.54) is 22.3 Å². The summed E-state index contributed by atoms with van der Waals surface area (Å²) in [6.07, 6.45) is 8.22. The molecular weight excluding hydrogens is 394 g/mol. The summed E-state index contributed by atoms with van der Waals surface area (Å²) in [5.74, 6) is 0.343. The highest BCUT2D eigenvalue weighted by atomic mass is 32.1. The number of aromatic amines is 1. The van der Waals surface area contributed by atoms with Crippen LogP contribution in [0.4, 0.5) is 0 Å². The van der Waals surface area contributed by atoms with Crippen LogP contribution in [-0.4, -0.2) is 52.2 Å². The molecular formula is C23H31N5OS. The Morgan fingerprint density at radius 2 is 2.10 bits per heavy atom. The molecule has 0 spiro atoms. The van der Waals surface area contributed by atoms with E-state index in [2.05, 4.69) is 63.8 Å². The number of hydrogen-bond acceptors (Lipinski definition) is 5. The van der Waals surface area contributed by atoms with Gasteiger partial charge in [-0.25, -0.2) is 0 Å². The van der Waals surface area contributed by atoms with E-state index in [1.807, 2.05) is 6.07 Å². The first-order valence-corrected chi connectivity index (χ1v) is 11.8. The minimum Gasteiger partial charge on any atom is -0.361 e. The van der Waals surface area contributed by atoms with Gasteiger partial charge in [-0.1, -0.05) is 49.3 Å². The summed E-state index contributed by atoms with van der Waals surface area (Å²) in [4.78, 5) is 18.6. The summed E-state index contributed by atoms with van der Waals surface area (Å²) in [7, 11) is 2.15. The predicted molar refractivity (Wildman–Crippen MR) is 122 cm³/mol. The largest absolute Gasteiger partial charge is 0.361 e. The highest BCUT2D eigenvalue weighted by Crippen LogP contribution is 2.29. The first kappa shape index (κ1) is 21.0. The molecule has 2 N–H and O–H groups in total. The minimum atomic E-state index is -0.0902. The van der Waals surface area contributed by atoms with Crippen molar-refractivity contribution in [1.29, 1.82) is 0 Å². The average Bonchev–Trinajstić information content (AvgIpc) is 3.40. The molecule has 1 aliphatic rings. The second-order valence-electron chi connectivity index (χ2n) is 8.40. The van der Waals surface area contributed by atoms with E-state index in [1.54, 1.807) is 0 Å². The molecule has 30 heavy (non-hydrogen) atoms. The molecule has 1 saturated heterocycles. The predicted octanol–water partition coefficient (Wildman–Crippen LogP) is 4.36. The number of para-hydroxylation sites is 1. The van der Waals surface area contributed by atoms with E-state index in [0.717, 1.165) is 62.1 Å². The van der Waals surface area contributed by atoms with E-state index < -0.39 is 0 Å². The Morgan fingerprint density at radius 1 is 1.30 bits per heavy atom. The van der Waals surface area contributed by atoms with Crippen molar-refractivity contribution in [3.05, 3.63) is 46.0 Å². The van der Waals surface area contributed by atoms with Gasteiger partial charge in [0.1, 0.15) is 5.01 Å². The summed E-state index contributed by atoms with van der Waals surface area (Å²) in [6, 6.07) is 8.41. The molecule has 7 heteroatoms. The number of aromatic nitrogens is 3. The quantitative estimate of drug-likeness (QED) is 0.562. The van der Waals surface area contributed by atoms with Gasteiger partial charge in [0.25, 0.3) is 5.91 Å². The molecule has 1 aromatic carbocycles. The lowest BCUT2D eigenvalue weighted by Crippen LogP contribution is -2.36. The van der Waals surface area contributed by atoms with Crippen molar-refractivity contribution in [3.8, 4) is 0 Å². The van der Waals surface area contributed by atoms with Gasteiger partial charge in [0.2, 0.25) is 5.01 Å². The zero-order chi connectivity index (χ0) is 20.9. The van der Waals surface area contributed by atoms with Crippen LogP contribution in [0, 0.1) is 0 Å². The zero-order valence-electron chi connectivity index (χ0n) is 17.9. The van der Waals surface area contributed by atoms with Crippen LogP contribution in [0.25, 0.3) is 10.9 Å². The van der Waals surface area contributed by atoms with Crippen molar-refractivity contribution >= 4 is 28.1 Å². The Morgan fingerprint density at radius 3 is 2.90 bits per heavy atom.